The van der Waals surface area contributed by atoms with Gasteiger partial charge in [0.25, 0.3) is 0 Å². The standard InChI is InChI=1S/C26H22NOP/c1-28-25-18-10-9-17-24(25)27-20-21-12-8-11-19-26(21)29(22-13-4-2-5-14-22)23-15-6-3-7-16-23/h2-20H,1H3. The quantitative estimate of drug-likeness (QED) is 0.325. The summed E-state index contributed by atoms with van der Waals surface area (Å²) in [4.78, 5) is 4.74. The van der Waals surface area contributed by atoms with E-state index in [0.717, 1.165) is 17.0 Å². The Balaban J connectivity index is 1.80. The fourth-order valence-electron chi connectivity index (χ4n) is 3.26. The number of para-hydroxylation sites is 2. The number of hydrogen-bond donors (Lipinski definition) is 0. The van der Waals surface area contributed by atoms with Gasteiger partial charge < -0.3 is 4.74 Å². The topological polar surface area (TPSA) is 21.6 Å². The lowest BCUT2D eigenvalue weighted by Crippen LogP contribution is -2.23. The van der Waals surface area contributed by atoms with Crippen LogP contribution in [0.2, 0.25) is 0 Å². The molecule has 0 atom stereocenters. The summed E-state index contributed by atoms with van der Waals surface area (Å²) in [6, 6.07) is 37.8. The molecular formula is C26H22NOP. The van der Waals surface area contributed by atoms with E-state index in [1.165, 1.54) is 15.9 Å². The van der Waals surface area contributed by atoms with Crippen molar-refractivity contribution in [1.29, 1.82) is 0 Å². The summed E-state index contributed by atoms with van der Waals surface area (Å²) in [5, 5.41) is 3.94. The molecule has 142 valence electrons. The fraction of sp³-hybridized carbons (Fsp3) is 0.0385. The lowest BCUT2D eigenvalue weighted by Gasteiger charge is -2.21. The molecule has 0 N–H and O–H groups in total. The molecule has 3 heteroatoms. The average molecular weight is 395 g/mol. The molecule has 0 aromatic heterocycles. The highest BCUT2D eigenvalue weighted by Gasteiger charge is 2.18. The molecule has 0 amide bonds. The van der Waals surface area contributed by atoms with Crippen molar-refractivity contribution in [2.75, 3.05) is 7.11 Å². The van der Waals surface area contributed by atoms with Crippen LogP contribution < -0.4 is 20.7 Å². The Morgan fingerprint density at radius 2 is 1.21 bits per heavy atom. The number of benzene rings is 4. The molecule has 4 aromatic carbocycles. The first-order chi connectivity index (χ1) is 14.4. The maximum Gasteiger partial charge on any atom is 0.144 e. The molecule has 0 aliphatic heterocycles. The van der Waals surface area contributed by atoms with E-state index in [4.69, 9.17) is 9.73 Å². The number of aliphatic imine (C=N–C) groups is 1. The minimum Gasteiger partial charge on any atom is -0.494 e. The molecular weight excluding hydrogens is 373 g/mol. The first-order valence-corrected chi connectivity index (χ1v) is 10.9. The average Bonchev–Trinajstić information content (AvgIpc) is 2.80. The summed E-state index contributed by atoms with van der Waals surface area (Å²) >= 11 is 0. The van der Waals surface area contributed by atoms with Gasteiger partial charge in [0.2, 0.25) is 0 Å². The largest absolute Gasteiger partial charge is 0.494 e. The van der Waals surface area contributed by atoms with Crippen LogP contribution in [-0.2, 0) is 0 Å². The van der Waals surface area contributed by atoms with Crippen molar-refractivity contribution in [3.8, 4) is 5.75 Å². The molecule has 0 fully saturated rings. The molecule has 0 aliphatic carbocycles. The predicted octanol–water partition coefficient (Wildman–Crippen LogP) is 5.20. The maximum absolute atomic E-state index is 5.44. The number of nitrogens with zero attached hydrogens (tertiary/aromatic N) is 1. The highest BCUT2D eigenvalue weighted by Crippen LogP contribution is 2.34. The van der Waals surface area contributed by atoms with Gasteiger partial charge in [-0.3, -0.25) is 4.99 Å². The third kappa shape index (κ3) is 4.45. The van der Waals surface area contributed by atoms with Gasteiger partial charge in [-0.25, -0.2) is 0 Å². The first-order valence-electron chi connectivity index (χ1n) is 9.53. The predicted molar refractivity (Wildman–Crippen MR) is 125 cm³/mol. The van der Waals surface area contributed by atoms with Gasteiger partial charge in [-0.05, 0) is 36.0 Å². The highest BCUT2D eigenvalue weighted by molar-refractivity contribution is 7.80. The minimum atomic E-state index is -0.681. The molecule has 2 nitrogen and oxygen atoms in total. The summed E-state index contributed by atoms with van der Waals surface area (Å²) in [5.41, 5.74) is 1.95. The summed E-state index contributed by atoms with van der Waals surface area (Å²) in [5.74, 6) is 0.773. The van der Waals surface area contributed by atoms with E-state index in [0.29, 0.717) is 0 Å². The second-order valence-electron chi connectivity index (χ2n) is 6.50. The van der Waals surface area contributed by atoms with Gasteiger partial charge >= 0.3 is 0 Å². The number of methoxy groups -OCH3 is 1. The van der Waals surface area contributed by atoms with Crippen LogP contribution in [0.3, 0.4) is 0 Å². The zero-order valence-electron chi connectivity index (χ0n) is 16.3. The van der Waals surface area contributed by atoms with Crippen molar-refractivity contribution in [3.63, 3.8) is 0 Å². The Labute approximate surface area is 173 Å². The normalized spacial score (nSPS) is 11.1. The highest BCUT2D eigenvalue weighted by atomic mass is 31.1. The summed E-state index contributed by atoms with van der Waals surface area (Å²) in [7, 11) is 0.992. The zero-order chi connectivity index (χ0) is 19.9. The van der Waals surface area contributed by atoms with Gasteiger partial charge in [-0.1, -0.05) is 97.1 Å². The number of rotatable bonds is 6. The van der Waals surface area contributed by atoms with E-state index in [9.17, 15) is 0 Å². The molecule has 0 unspecified atom stereocenters. The smallest absolute Gasteiger partial charge is 0.144 e. The molecule has 0 spiro atoms. The Morgan fingerprint density at radius 3 is 1.86 bits per heavy atom. The molecule has 4 rings (SSSR count). The van der Waals surface area contributed by atoms with Crippen LogP contribution in [0.15, 0.2) is 114 Å². The SMILES string of the molecule is COc1ccccc1N=Cc1ccccc1P(c1ccccc1)c1ccccc1. The monoisotopic (exact) mass is 395 g/mol. The molecule has 4 aromatic rings. The van der Waals surface area contributed by atoms with Crippen molar-refractivity contribution in [2.24, 2.45) is 4.99 Å². The summed E-state index contributed by atoms with van der Waals surface area (Å²) in [6.07, 6.45) is 1.95. The van der Waals surface area contributed by atoms with Gasteiger partial charge in [0, 0.05) is 11.8 Å². The molecule has 0 radical (unpaired) electrons. The van der Waals surface area contributed by atoms with Crippen LogP contribution in [0, 0.1) is 0 Å². The van der Waals surface area contributed by atoms with Crippen molar-refractivity contribution < 1.29 is 4.74 Å². The third-order valence-electron chi connectivity index (χ3n) is 4.63. The van der Waals surface area contributed by atoms with E-state index in [1.807, 2.05) is 30.5 Å². The van der Waals surface area contributed by atoms with Crippen LogP contribution in [-0.4, -0.2) is 13.3 Å². The van der Waals surface area contributed by atoms with E-state index < -0.39 is 7.92 Å². The summed E-state index contributed by atoms with van der Waals surface area (Å²) < 4.78 is 5.44. The van der Waals surface area contributed by atoms with Crippen LogP contribution in [0.1, 0.15) is 5.56 Å². The minimum absolute atomic E-state index is 0.681. The van der Waals surface area contributed by atoms with Crippen LogP contribution in [0.5, 0.6) is 5.75 Å². The Bertz CT molecular complexity index is 1050. The molecule has 0 saturated heterocycles. The van der Waals surface area contributed by atoms with Crippen LogP contribution in [0.4, 0.5) is 5.69 Å². The molecule has 0 aliphatic rings. The van der Waals surface area contributed by atoms with Gasteiger partial charge in [0.15, 0.2) is 0 Å². The molecule has 29 heavy (non-hydrogen) atoms. The van der Waals surface area contributed by atoms with Gasteiger partial charge in [0.05, 0.1) is 7.11 Å². The number of hydrogen-bond acceptors (Lipinski definition) is 2. The number of ether oxygens (including phenoxy) is 1. The van der Waals surface area contributed by atoms with Crippen LogP contribution in [0.25, 0.3) is 0 Å². The second kappa shape index (κ2) is 9.32. The second-order valence-corrected chi connectivity index (χ2v) is 8.68. The van der Waals surface area contributed by atoms with Gasteiger partial charge in [0.1, 0.15) is 11.4 Å². The van der Waals surface area contributed by atoms with Crippen molar-refractivity contribution in [2.45, 2.75) is 0 Å². The Kier molecular flexibility index (Phi) is 6.14. The van der Waals surface area contributed by atoms with E-state index in [1.54, 1.807) is 7.11 Å². The lowest BCUT2D eigenvalue weighted by molar-refractivity contribution is 0.416. The van der Waals surface area contributed by atoms with Crippen molar-refractivity contribution >= 4 is 35.7 Å². The van der Waals surface area contributed by atoms with Crippen molar-refractivity contribution in [1.82, 2.24) is 0 Å². The zero-order valence-corrected chi connectivity index (χ0v) is 17.2. The lowest BCUT2D eigenvalue weighted by atomic mass is 10.2. The molecule has 0 saturated carbocycles. The van der Waals surface area contributed by atoms with Gasteiger partial charge in [-0.15, -0.1) is 0 Å². The summed E-state index contributed by atoms with van der Waals surface area (Å²) in [6.45, 7) is 0. The fourth-order valence-corrected chi connectivity index (χ4v) is 5.68. The Morgan fingerprint density at radius 1 is 0.655 bits per heavy atom. The van der Waals surface area contributed by atoms with E-state index in [-0.39, 0.29) is 0 Å². The van der Waals surface area contributed by atoms with E-state index >= 15 is 0 Å². The van der Waals surface area contributed by atoms with Crippen molar-refractivity contribution in [3.05, 3.63) is 115 Å². The molecule has 0 heterocycles. The van der Waals surface area contributed by atoms with Crippen LogP contribution >= 0.6 is 7.92 Å². The third-order valence-corrected chi connectivity index (χ3v) is 7.15. The van der Waals surface area contributed by atoms with E-state index in [2.05, 4.69) is 84.9 Å². The maximum atomic E-state index is 5.44. The van der Waals surface area contributed by atoms with Gasteiger partial charge in [-0.2, -0.15) is 0 Å². The first kappa shape index (κ1) is 19.1. The molecule has 0 bridgehead atoms. The Hall–Kier alpha value is -3.22.